The van der Waals surface area contributed by atoms with E-state index in [1.165, 1.54) is 0 Å². The van der Waals surface area contributed by atoms with Crippen molar-refractivity contribution in [3.63, 3.8) is 0 Å². The maximum Gasteiger partial charge on any atom is 0.306 e. The van der Waals surface area contributed by atoms with E-state index in [0.29, 0.717) is 31.6 Å². The molecule has 4 nitrogen and oxygen atoms in total. The normalized spacial score (nSPS) is 25.4. The Hall–Kier alpha value is -0.610. The minimum Gasteiger partial charge on any atom is -0.463 e. The molecule has 3 atom stereocenters. The molecule has 1 heterocycles. The van der Waals surface area contributed by atoms with Crippen LogP contribution < -0.4 is 5.73 Å². The van der Waals surface area contributed by atoms with Crippen LogP contribution in [0.4, 0.5) is 0 Å². The van der Waals surface area contributed by atoms with E-state index < -0.39 is 0 Å². The van der Waals surface area contributed by atoms with E-state index in [4.69, 9.17) is 15.2 Å². The summed E-state index contributed by atoms with van der Waals surface area (Å²) >= 11 is 0. The minimum absolute atomic E-state index is 0.0883. The molecule has 0 spiro atoms. The number of rotatable bonds is 7. The van der Waals surface area contributed by atoms with Crippen molar-refractivity contribution in [2.24, 2.45) is 17.6 Å². The largest absolute Gasteiger partial charge is 0.463 e. The summed E-state index contributed by atoms with van der Waals surface area (Å²) in [5.74, 6) is 0.653. The fraction of sp³-hybridized carbons (Fsp3) is 0.929. The summed E-state index contributed by atoms with van der Waals surface area (Å²) in [5.41, 5.74) is 5.67. The van der Waals surface area contributed by atoms with Gasteiger partial charge < -0.3 is 15.2 Å². The lowest BCUT2D eigenvalue weighted by Gasteiger charge is -2.17. The molecule has 0 bridgehead atoms. The first kappa shape index (κ1) is 15.4. The minimum atomic E-state index is -0.144. The van der Waals surface area contributed by atoms with Crippen molar-refractivity contribution in [1.82, 2.24) is 0 Å². The Kier molecular flexibility index (Phi) is 6.65. The zero-order valence-electron chi connectivity index (χ0n) is 11.9. The average Bonchev–Trinajstić information content (AvgIpc) is 2.71. The van der Waals surface area contributed by atoms with Crippen LogP contribution in [0.15, 0.2) is 0 Å². The predicted molar refractivity (Wildman–Crippen MR) is 71.1 cm³/mol. The summed E-state index contributed by atoms with van der Waals surface area (Å²) in [5, 5.41) is 0. The molecule has 0 aliphatic carbocycles. The Balaban J connectivity index is 2.19. The molecule has 0 amide bonds. The van der Waals surface area contributed by atoms with Gasteiger partial charge in [0, 0.05) is 6.42 Å². The topological polar surface area (TPSA) is 61.6 Å². The fourth-order valence-corrected chi connectivity index (χ4v) is 2.42. The second kappa shape index (κ2) is 7.74. The zero-order chi connectivity index (χ0) is 13.5. The van der Waals surface area contributed by atoms with Crippen molar-refractivity contribution in [3.05, 3.63) is 0 Å². The van der Waals surface area contributed by atoms with Crippen LogP contribution in [0.2, 0.25) is 0 Å². The molecule has 4 heteroatoms. The van der Waals surface area contributed by atoms with Gasteiger partial charge in [-0.3, -0.25) is 4.79 Å². The second-order valence-corrected chi connectivity index (χ2v) is 5.76. The van der Waals surface area contributed by atoms with Gasteiger partial charge in [0.25, 0.3) is 0 Å². The lowest BCUT2D eigenvalue weighted by atomic mass is 9.94. The summed E-state index contributed by atoms with van der Waals surface area (Å²) in [6, 6.07) is 0. The Labute approximate surface area is 110 Å². The van der Waals surface area contributed by atoms with Crippen molar-refractivity contribution >= 4 is 5.97 Å². The van der Waals surface area contributed by atoms with Crippen LogP contribution >= 0.6 is 0 Å². The second-order valence-electron chi connectivity index (χ2n) is 5.76. The van der Waals surface area contributed by atoms with Gasteiger partial charge in [-0.25, -0.2) is 0 Å². The van der Waals surface area contributed by atoms with Crippen LogP contribution in [0.3, 0.4) is 0 Å². The summed E-state index contributed by atoms with van der Waals surface area (Å²) in [6.07, 6.45) is 3.83. The molecule has 106 valence electrons. The van der Waals surface area contributed by atoms with Gasteiger partial charge in [-0.15, -0.1) is 0 Å². The van der Waals surface area contributed by atoms with Gasteiger partial charge in [0.15, 0.2) is 0 Å². The van der Waals surface area contributed by atoms with Crippen molar-refractivity contribution in [2.75, 3.05) is 13.2 Å². The van der Waals surface area contributed by atoms with Gasteiger partial charge in [-0.2, -0.15) is 0 Å². The molecule has 18 heavy (non-hydrogen) atoms. The number of carbonyl (C=O) groups excluding carboxylic acids is 1. The van der Waals surface area contributed by atoms with E-state index in [0.717, 1.165) is 19.3 Å². The maximum absolute atomic E-state index is 11.7. The highest BCUT2D eigenvalue weighted by atomic mass is 16.6. The van der Waals surface area contributed by atoms with Gasteiger partial charge in [0.2, 0.25) is 0 Å². The molecule has 1 fully saturated rings. The summed E-state index contributed by atoms with van der Waals surface area (Å²) < 4.78 is 10.9. The molecule has 0 saturated carbocycles. The van der Waals surface area contributed by atoms with Crippen molar-refractivity contribution in [2.45, 2.75) is 58.7 Å². The number of carbonyl (C=O) groups is 1. The van der Waals surface area contributed by atoms with Gasteiger partial charge >= 0.3 is 5.97 Å². The quantitative estimate of drug-likeness (QED) is 0.710. The molecular formula is C14H27NO3. The Morgan fingerprint density at radius 1 is 1.44 bits per heavy atom. The van der Waals surface area contributed by atoms with Crippen LogP contribution in [-0.4, -0.2) is 31.3 Å². The van der Waals surface area contributed by atoms with E-state index in [1.54, 1.807) is 0 Å². The SMILES string of the molecule is CC(C)C[C@H](CN)CC(=O)OCC1CCC(C)O1. The van der Waals surface area contributed by atoms with Crippen LogP contribution in [0.25, 0.3) is 0 Å². The third-order valence-corrected chi connectivity index (χ3v) is 3.34. The van der Waals surface area contributed by atoms with Crippen LogP contribution in [-0.2, 0) is 14.3 Å². The molecule has 1 aliphatic rings. The number of esters is 1. The Bertz CT molecular complexity index is 255. The number of nitrogens with two attached hydrogens (primary N) is 1. The van der Waals surface area contributed by atoms with Crippen molar-refractivity contribution < 1.29 is 14.3 Å². The van der Waals surface area contributed by atoms with Crippen LogP contribution in [0, 0.1) is 11.8 Å². The number of ether oxygens (including phenoxy) is 2. The summed E-state index contributed by atoms with van der Waals surface area (Å²) in [4.78, 5) is 11.7. The van der Waals surface area contributed by atoms with Gasteiger partial charge in [0.05, 0.1) is 12.2 Å². The van der Waals surface area contributed by atoms with Gasteiger partial charge in [-0.1, -0.05) is 13.8 Å². The summed E-state index contributed by atoms with van der Waals surface area (Å²) in [7, 11) is 0. The molecule has 2 N–H and O–H groups in total. The molecule has 1 rings (SSSR count). The first-order valence-corrected chi connectivity index (χ1v) is 7.02. The van der Waals surface area contributed by atoms with E-state index in [1.807, 2.05) is 0 Å². The fourth-order valence-electron chi connectivity index (χ4n) is 2.42. The van der Waals surface area contributed by atoms with Crippen molar-refractivity contribution in [3.8, 4) is 0 Å². The average molecular weight is 257 g/mol. The van der Waals surface area contributed by atoms with E-state index >= 15 is 0 Å². The summed E-state index contributed by atoms with van der Waals surface area (Å²) in [6.45, 7) is 7.27. The number of hydrogen-bond donors (Lipinski definition) is 1. The molecule has 0 radical (unpaired) electrons. The zero-order valence-corrected chi connectivity index (χ0v) is 11.9. The number of hydrogen-bond acceptors (Lipinski definition) is 4. The predicted octanol–water partition coefficient (Wildman–Crippen LogP) is 2.11. The van der Waals surface area contributed by atoms with Crippen molar-refractivity contribution in [1.29, 1.82) is 0 Å². The smallest absolute Gasteiger partial charge is 0.306 e. The maximum atomic E-state index is 11.7. The molecule has 0 aromatic heterocycles. The highest BCUT2D eigenvalue weighted by Gasteiger charge is 2.23. The molecule has 2 unspecified atom stereocenters. The van der Waals surface area contributed by atoms with E-state index in [-0.39, 0.29) is 18.0 Å². The lowest BCUT2D eigenvalue weighted by Crippen LogP contribution is -2.24. The lowest BCUT2D eigenvalue weighted by molar-refractivity contribution is -0.148. The Morgan fingerprint density at radius 2 is 2.17 bits per heavy atom. The monoisotopic (exact) mass is 257 g/mol. The van der Waals surface area contributed by atoms with E-state index in [2.05, 4.69) is 20.8 Å². The highest BCUT2D eigenvalue weighted by molar-refractivity contribution is 5.69. The molecule has 0 aromatic rings. The Morgan fingerprint density at radius 3 is 2.67 bits per heavy atom. The van der Waals surface area contributed by atoms with Crippen LogP contribution in [0.5, 0.6) is 0 Å². The van der Waals surface area contributed by atoms with E-state index in [9.17, 15) is 4.79 Å². The molecule has 1 saturated heterocycles. The standard InChI is InChI=1S/C14H27NO3/c1-10(2)6-12(8-15)7-14(16)17-9-13-5-4-11(3)18-13/h10-13H,4-9,15H2,1-3H3/t11?,12-,13?/m0/s1. The molecule has 0 aromatic carbocycles. The van der Waals surface area contributed by atoms with Gasteiger partial charge in [0.1, 0.15) is 6.61 Å². The van der Waals surface area contributed by atoms with Gasteiger partial charge in [-0.05, 0) is 44.6 Å². The van der Waals surface area contributed by atoms with Crippen LogP contribution in [0.1, 0.15) is 46.5 Å². The highest BCUT2D eigenvalue weighted by Crippen LogP contribution is 2.20. The third-order valence-electron chi connectivity index (χ3n) is 3.34. The first-order valence-electron chi connectivity index (χ1n) is 7.02. The molecular weight excluding hydrogens is 230 g/mol. The first-order chi connectivity index (χ1) is 8.51. The molecule has 1 aliphatic heterocycles. The third kappa shape index (κ3) is 5.83.